The third kappa shape index (κ3) is 5.35. The zero-order valence-corrected chi connectivity index (χ0v) is 19.5. The molecule has 0 atom stereocenters. The molecule has 2 aromatic carbocycles. The summed E-state index contributed by atoms with van der Waals surface area (Å²) in [4.78, 5) is 20.0. The van der Waals surface area contributed by atoms with Crippen molar-refractivity contribution in [3.8, 4) is 17.2 Å². The van der Waals surface area contributed by atoms with Gasteiger partial charge in [0, 0.05) is 12.6 Å². The SMILES string of the molecule is CCCN1C(=O)C(=Cc2cc(OC)c(OC)cc2Cl)SC1=Nc1ccc(OCC)cc1. The Bertz CT molecular complexity index is 1010. The molecule has 0 aromatic heterocycles. The van der Waals surface area contributed by atoms with Crippen molar-refractivity contribution in [3.63, 3.8) is 0 Å². The lowest BCUT2D eigenvalue weighted by atomic mass is 10.1. The van der Waals surface area contributed by atoms with Gasteiger partial charge in [-0.25, -0.2) is 4.99 Å². The number of methoxy groups -OCH3 is 2. The first-order valence-electron chi connectivity index (χ1n) is 9.95. The lowest BCUT2D eigenvalue weighted by Crippen LogP contribution is -2.29. The van der Waals surface area contributed by atoms with Gasteiger partial charge >= 0.3 is 0 Å². The molecule has 1 heterocycles. The van der Waals surface area contributed by atoms with Crippen molar-refractivity contribution in [1.29, 1.82) is 0 Å². The minimum Gasteiger partial charge on any atom is -0.494 e. The molecule has 0 N–H and O–H groups in total. The van der Waals surface area contributed by atoms with E-state index in [2.05, 4.69) is 0 Å². The number of nitrogens with zero attached hydrogens (tertiary/aromatic N) is 2. The molecule has 31 heavy (non-hydrogen) atoms. The van der Waals surface area contributed by atoms with Gasteiger partial charge in [-0.15, -0.1) is 0 Å². The predicted molar refractivity (Wildman–Crippen MR) is 127 cm³/mol. The molecular formula is C23H25ClN2O4S. The minimum atomic E-state index is -0.0950. The Kier molecular flexibility index (Phi) is 7.87. The van der Waals surface area contributed by atoms with E-state index < -0.39 is 0 Å². The van der Waals surface area contributed by atoms with E-state index in [-0.39, 0.29) is 5.91 Å². The Morgan fingerprint density at radius 3 is 2.39 bits per heavy atom. The second kappa shape index (κ2) is 10.6. The number of amides is 1. The molecule has 1 amide bonds. The quantitative estimate of drug-likeness (QED) is 0.468. The highest BCUT2D eigenvalue weighted by Crippen LogP contribution is 2.38. The fourth-order valence-corrected chi connectivity index (χ4v) is 4.25. The van der Waals surface area contributed by atoms with Gasteiger partial charge in [0.05, 0.1) is 36.4 Å². The van der Waals surface area contributed by atoms with Crippen LogP contribution in [0.1, 0.15) is 25.8 Å². The van der Waals surface area contributed by atoms with E-state index in [1.165, 1.54) is 11.8 Å². The molecule has 1 aliphatic heterocycles. The largest absolute Gasteiger partial charge is 0.494 e. The molecule has 3 rings (SSSR count). The number of rotatable bonds is 8. The maximum Gasteiger partial charge on any atom is 0.266 e. The smallest absolute Gasteiger partial charge is 0.266 e. The molecule has 0 radical (unpaired) electrons. The number of hydrogen-bond donors (Lipinski definition) is 0. The summed E-state index contributed by atoms with van der Waals surface area (Å²) in [6.45, 7) is 5.16. The molecule has 0 aliphatic carbocycles. The highest BCUT2D eigenvalue weighted by Gasteiger charge is 2.33. The Labute approximate surface area is 191 Å². The van der Waals surface area contributed by atoms with Crippen molar-refractivity contribution in [2.45, 2.75) is 20.3 Å². The van der Waals surface area contributed by atoms with Crippen molar-refractivity contribution in [2.24, 2.45) is 4.99 Å². The lowest BCUT2D eigenvalue weighted by molar-refractivity contribution is -0.122. The first-order chi connectivity index (χ1) is 15.0. The van der Waals surface area contributed by atoms with Crippen molar-refractivity contribution in [3.05, 3.63) is 51.9 Å². The number of carbonyl (C=O) groups excluding carboxylic acids is 1. The van der Waals surface area contributed by atoms with Crippen LogP contribution in [0.3, 0.4) is 0 Å². The van der Waals surface area contributed by atoms with E-state index in [0.717, 1.165) is 17.9 Å². The zero-order valence-electron chi connectivity index (χ0n) is 18.0. The first-order valence-corrected chi connectivity index (χ1v) is 11.1. The lowest BCUT2D eigenvalue weighted by Gasteiger charge is -2.14. The number of hydrogen-bond acceptors (Lipinski definition) is 6. The van der Waals surface area contributed by atoms with Crippen LogP contribution in [0, 0.1) is 0 Å². The van der Waals surface area contributed by atoms with E-state index in [9.17, 15) is 4.79 Å². The third-order valence-electron chi connectivity index (χ3n) is 4.50. The molecular weight excluding hydrogens is 436 g/mol. The molecule has 0 bridgehead atoms. The van der Waals surface area contributed by atoms with Crippen molar-refractivity contribution >= 4 is 46.2 Å². The van der Waals surface area contributed by atoms with E-state index in [4.69, 9.17) is 30.8 Å². The Morgan fingerprint density at radius 1 is 1.10 bits per heavy atom. The topological polar surface area (TPSA) is 60.4 Å². The van der Waals surface area contributed by atoms with Crippen LogP contribution in [-0.4, -0.2) is 43.3 Å². The van der Waals surface area contributed by atoms with Gasteiger partial charge < -0.3 is 14.2 Å². The van der Waals surface area contributed by atoms with Crippen LogP contribution in [-0.2, 0) is 4.79 Å². The standard InChI is InChI=1S/C23H25ClN2O4S/c1-5-11-26-22(27)21(13-15-12-19(28-3)20(29-4)14-18(15)24)31-23(26)25-16-7-9-17(10-8-16)30-6-2/h7-10,12-14H,5-6,11H2,1-4H3. The minimum absolute atomic E-state index is 0.0950. The van der Waals surface area contributed by atoms with Gasteiger partial charge in [0.15, 0.2) is 16.7 Å². The summed E-state index contributed by atoms with van der Waals surface area (Å²) in [7, 11) is 3.11. The summed E-state index contributed by atoms with van der Waals surface area (Å²) in [6, 6.07) is 10.9. The van der Waals surface area contributed by atoms with Crippen molar-refractivity contribution in [2.75, 3.05) is 27.4 Å². The molecule has 1 fully saturated rings. The summed E-state index contributed by atoms with van der Waals surface area (Å²) < 4.78 is 16.1. The molecule has 164 valence electrons. The van der Waals surface area contributed by atoms with Gasteiger partial charge in [-0.05, 0) is 67.1 Å². The molecule has 0 saturated carbocycles. The van der Waals surface area contributed by atoms with Crippen LogP contribution in [0.5, 0.6) is 17.2 Å². The maximum atomic E-state index is 13.1. The van der Waals surface area contributed by atoms with Gasteiger partial charge in [0.2, 0.25) is 0 Å². The van der Waals surface area contributed by atoms with E-state index in [1.807, 2.05) is 38.1 Å². The van der Waals surface area contributed by atoms with Gasteiger partial charge in [0.25, 0.3) is 5.91 Å². The number of amidine groups is 1. The van der Waals surface area contributed by atoms with Gasteiger partial charge in [-0.1, -0.05) is 18.5 Å². The van der Waals surface area contributed by atoms with E-state index in [0.29, 0.717) is 45.3 Å². The zero-order chi connectivity index (χ0) is 22.4. The van der Waals surface area contributed by atoms with Crippen LogP contribution in [0.25, 0.3) is 6.08 Å². The van der Waals surface area contributed by atoms with Crippen LogP contribution in [0.2, 0.25) is 5.02 Å². The van der Waals surface area contributed by atoms with Crippen LogP contribution >= 0.6 is 23.4 Å². The number of carbonyl (C=O) groups is 1. The second-order valence-corrected chi connectivity index (χ2v) is 8.03. The van der Waals surface area contributed by atoms with Crippen molar-refractivity contribution in [1.82, 2.24) is 4.90 Å². The summed E-state index contributed by atoms with van der Waals surface area (Å²) in [5.41, 5.74) is 1.43. The third-order valence-corrected chi connectivity index (χ3v) is 5.83. The Balaban J connectivity index is 1.94. The van der Waals surface area contributed by atoms with E-state index >= 15 is 0 Å². The summed E-state index contributed by atoms with van der Waals surface area (Å²) in [5.74, 6) is 1.77. The average Bonchev–Trinajstić information content (AvgIpc) is 3.05. The molecule has 8 heteroatoms. The summed E-state index contributed by atoms with van der Waals surface area (Å²) in [5, 5.41) is 1.11. The second-order valence-electron chi connectivity index (χ2n) is 6.62. The summed E-state index contributed by atoms with van der Waals surface area (Å²) >= 11 is 7.74. The highest BCUT2D eigenvalue weighted by atomic mass is 35.5. The van der Waals surface area contributed by atoms with E-state index in [1.54, 1.807) is 37.3 Å². The first kappa shape index (κ1) is 23.0. The molecule has 0 spiro atoms. The van der Waals surface area contributed by atoms with Gasteiger partial charge in [0.1, 0.15) is 5.75 Å². The van der Waals surface area contributed by atoms with Crippen LogP contribution in [0.4, 0.5) is 5.69 Å². The molecule has 1 aliphatic rings. The predicted octanol–water partition coefficient (Wildman–Crippen LogP) is 5.77. The van der Waals surface area contributed by atoms with Crippen LogP contribution in [0.15, 0.2) is 46.3 Å². The van der Waals surface area contributed by atoms with Crippen molar-refractivity contribution < 1.29 is 19.0 Å². The molecule has 1 saturated heterocycles. The van der Waals surface area contributed by atoms with Gasteiger partial charge in [-0.3, -0.25) is 9.69 Å². The Hall–Kier alpha value is -2.64. The number of ether oxygens (including phenoxy) is 3. The number of benzene rings is 2. The molecule has 2 aromatic rings. The normalized spacial score (nSPS) is 16.3. The Morgan fingerprint density at radius 2 is 1.77 bits per heavy atom. The monoisotopic (exact) mass is 460 g/mol. The average molecular weight is 461 g/mol. The number of aliphatic imine (C=N–C) groups is 1. The summed E-state index contributed by atoms with van der Waals surface area (Å²) in [6.07, 6.45) is 2.58. The number of thioether (sulfide) groups is 1. The fourth-order valence-electron chi connectivity index (χ4n) is 3.03. The van der Waals surface area contributed by atoms with Crippen LogP contribution < -0.4 is 14.2 Å². The van der Waals surface area contributed by atoms with Gasteiger partial charge in [-0.2, -0.15) is 0 Å². The maximum absolute atomic E-state index is 13.1. The molecule has 0 unspecified atom stereocenters. The molecule has 6 nitrogen and oxygen atoms in total. The number of halogens is 1. The fraction of sp³-hybridized carbons (Fsp3) is 0.304. The highest BCUT2D eigenvalue weighted by molar-refractivity contribution is 8.18.